The van der Waals surface area contributed by atoms with Gasteiger partial charge in [0.15, 0.2) is 0 Å². The Morgan fingerprint density at radius 1 is 0.912 bits per heavy atom. The fourth-order valence-corrected chi connectivity index (χ4v) is 3.20. The Kier molecular flexibility index (Phi) is 6.62. The molecular formula is C22H15F6N3O3. The lowest BCUT2D eigenvalue weighted by molar-refractivity contribution is -0.139. The van der Waals surface area contributed by atoms with Crippen molar-refractivity contribution in [2.24, 2.45) is 0 Å². The van der Waals surface area contributed by atoms with Gasteiger partial charge in [-0.1, -0.05) is 12.1 Å². The first-order valence-corrected chi connectivity index (χ1v) is 9.49. The molecule has 0 aliphatic heterocycles. The number of carboxylic acids is 1. The number of carboxylic acid groups (broad SMARTS) is 1. The minimum atomic E-state index is -4.87. The molecule has 2 aromatic heterocycles. The van der Waals surface area contributed by atoms with Crippen LogP contribution in [-0.2, 0) is 12.4 Å². The number of alkyl halides is 6. The van der Waals surface area contributed by atoms with Gasteiger partial charge in [0.05, 0.1) is 28.4 Å². The topological polar surface area (TPSA) is 92.2 Å². The Morgan fingerprint density at radius 2 is 1.56 bits per heavy atom. The molecule has 2 N–H and O–H groups in total. The highest BCUT2D eigenvalue weighted by Crippen LogP contribution is 2.38. The molecular weight excluding hydrogens is 468 g/mol. The molecule has 3 rings (SSSR count). The Balaban J connectivity index is 2.09. The van der Waals surface area contributed by atoms with Gasteiger partial charge < -0.3 is 10.4 Å². The summed E-state index contributed by atoms with van der Waals surface area (Å²) in [4.78, 5) is 31.2. The maximum Gasteiger partial charge on any atom is 0.418 e. The molecule has 1 aromatic carbocycles. The third-order valence-corrected chi connectivity index (χ3v) is 4.84. The molecule has 0 fully saturated rings. The normalized spacial score (nSPS) is 12.8. The summed E-state index contributed by atoms with van der Waals surface area (Å²) in [6.07, 6.45) is -7.57. The molecule has 12 heteroatoms. The zero-order chi connectivity index (χ0) is 25.3. The van der Waals surface area contributed by atoms with Crippen LogP contribution in [0.1, 0.15) is 54.8 Å². The Labute approximate surface area is 188 Å². The minimum absolute atomic E-state index is 0.0906. The fourth-order valence-electron chi connectivity index (χ4n) is 3.20. The number of hydrogen-bond donors (Lipinski definition) is 2. The number of pyridine rings is 2. The average Bonchev–Trinajstić information content (AvgIpc) is 2.76. The third kappa shape index (κ3) is 5.33. The zero-order valence-corrected chi connectivity index (χ0v) is 17.2. The van der Waals surface area contributed by atoms with E-state index in [1.165, 1.54) is 6.92 Å². The van der Waals surface area contributed by atoms with Crippen molar-refractivity contribution in [3.8, 4) is 0 Å². The lowest BCUT2D eigenvalue weighted by Gasteiger charge is -2.24. The highest BCUT2D eigenvalue weighted by molar-refractivity contribution is 5.94. The second-order valence-electron chi connectivity index (χ2n) is 7.15. The number of hydrogen-bond acceptors (Lipinski definition) is 4. The van der Waals surface area contributed by atoms with Crippen molar-refractivity contribution in [1.29, 1.82) is 0 Å². The van der Waals surface area contributed by atoms with Gasteiger partial charge in [0.25, 0.3) is 5.91 Å². The molecule has 6 nitrogen and oxygen atoms in total. The van der Waals surface area contributed by atoms with Crippen LogP contribution in [0, 0.1) is 6.92 Å². The van der Waals surface area contributed by atoms with E-state index < -0.39 is 47.1 Å². The Morgan fingerprint density at radius 3 is 2.06 bits per heavy atom. The predicted octanol–water partition coefficient (Wildman–Crippen LogP) is 5.04. The molecule has 1 amide bonds. The van der Waals surface area contributed by atoms with Gasteiger partial charge in [-0.25, -0.2) is 4.79 Å². The summed E-state index contributed by atoms with van der Waals surface area (Å²) < 4.78 is 80.3. The number of aryl methyl sites for hydroxylation is 1. The lowest BCUT2D eigenvalue weighted by atomic mass is 9.95. The van der Waals surface area contributed by atoms with Crippen LogP contribution >= 0.6 is 0 Å². The highest BCUT2D eigenvalue weighted by atomic mass is 19.4. The van der Waals surface area contributed by atoms with Crippen LogP contribution in [0.5, 0.6) is 0 Å². The molecule has 0 radical (unpaired) electrons. The molecule has 0 saturated carbocycles. The van der Waals surface area contributed by atoms with E-state index in [9.17, 15) is 35.9 Å². The first kappa shape index (κ1) is 24.7. The average molecular weight is 483 g/mol. The van der Waals surface area contributed by atoms with Crippen LogP contribution in [0.15, 0.2) is 54.9 Å². The summed E-state index contributed by atoms with van der Waals surface area (Å²) >= 11 is 0. The van der Waals surface area contributed by atoms with Crippen molar-refractivity contribution in [3.63, 3.8) is 0 Å². The van der Waals surface area contributed by atoms with Gasteiger partial charge in [0, 0.05) is 12.4 Å². The van der Waals surface area contributed by atoms with E-state index >= 15 is 0 Å². The molecule has 2 heterocycles. The molecule has 34 heavy (non-hydrogen) atoms. The summed E-state index contributed by atoms with van der Waals surface area (Å²) in [5.74, 6) is -2.29. The van der Waals surface area contributed by atoms with Crippen LogP contribution in [-0.4, -0.2) is 27.0 Å². The second kappa shape index (κ2) is 9.12. The van der Waals surface area contributed by atoms with Crippen molar-refractivity contribution >= 4 is 11.9 Å². The van der Waals surface area contributed by atoms with Crippen LogP contribution in [0.3, 0.4) is 0 Å². The minimum Gasteiger partial charge on any atom is -0.478 e. The molecule has 0 saturated heterocycles. The zero-order valence-electron chi connectivity index (χ0n) is 17.2. The number of rotatable bonds is 5. The predicted molar refractivity (Wildman–Crippen MR) is 106 cm³/mol. The molecule has 178 valence electrons. The molecule has 1 unspecified atom stereocenters. The van der Waals surface area contributed by atoms with Gasteiger partial charge in [0.2, 0.25) is 0 Å². The number of nitrogens with one attached hydrogen (secondary N) is 1. The summed E-state index contributed by atoms with van der Waals surface area (Å²) in [7, 11) is 0. The van der Waals surface area contributed by atoms with Crippen molar-refractivity contribution in [1.82, 2.24) is 15.3 Å². The monoisotopic (exact) mass is 483 g/mol. The molecule has 0 aliphatic carbocycles. The number of carbonyl (C=O) groups excluding carboxylic acids is 1. The van der Waals surface area contributed by atoms with Gasteiger partial charge in [0.1, 0.15) is 5.69 Å². The van der Waals surface area contributed by atoms with Crippen molar-refractivity contribution < 1.29 is 41.0 Å². The van der Waals surface area contributed by atoms with Gasteiger partial charge >= 0.3 is 18.3 Å². The number of nitrogens with zero attached hydrogens (tertiary/aromatic N) is 2. The van der Waals surface area contributed by atoms with Gasteiger partial charge in [-0.3, -0.25) is 14.8 Å². The maximum atomic E-state index is 13.8. The maximum absolute atomic E-state index is 13.8. The standard InChI is InChI=1S/C22H15F6N3O3/c1-11-8-9-29-18(16(11)22(26,27)28)17(12-2-5-14(6-3-12)21(23,24)25)31-19(32)15-7-4-13(10-30-15)20(33)34/h2-10,17H,1H3,(H,31,32)(H,33,34). The summed E-state index contributed by atoms with van der Waals surface area (Å²) in [5.41, 5.74) is -3.63. The van der Waals surface area contributed by atoms with Gasteiger partial charge in [-0.05, 0) is 48.4 Å². The summed E-state index contributed by atoms with van der Waals surface area (Å²) in [6.45, 7) is 1.19. The van der Waals surface area contributed by atoms with E-state index in [2.05, 4.69) is 15.3 Å². The number of carbonyl (C=O) groups is 2. The van der Waals surface area contributed by atoms with E-state index in [1.54, 1.807) is 0 Å². The largest absolute Gasteiger partial charge is 0.478 e. The Bertz CT molecular complexity index is 1210. The van der Waals surface area contributed by atoms with E-state index in [0.717, 1.165) is 42.7 Å². The molecule has 0 spiro atoms. The van der Waals surface area contributed by atoms with E-state index in [-0.39, 0.29) is 22.4 Å². The van der Waals surface area contributed by atoms with Crippen LogP contribution in [0.2, 0.25) is 0 Å². The van der Waals surface area contributed by atoms with Crippen molar-refractivity contribution in [2.45, 2.75) is 25.3 Å². The number of aromatic nitrogens is 2. The molecule has 0 bridgehead atoms. The summed E-state index contributed by atoms with van der Waals surface area (Å²) in [5, 5.41) is 11.3. The SMILES string of the molecule is Cc1ccnc(C(NC(=O)c2ccc(C(=O)O)cn2)c2ccc(C(F)(F)F)cc2)c1C(F)(F)F. The van der Waals surface area contributed by atoms with Crippen LogP contribution < -0.4 is 5.32 Å². The molecule has 3 aromatic rings. The Hall–Kier alpha value is -3.96. The van der Waals surface area contributed by atoms with Crippen molar-refractivity contribution in [2.75, 3.05) is 0 Å². The highest BCUT2D eigenvalue weighted by Gasteiger charge is 2.39. The molecule has 1 atom stereocenters. The van der Waals surface area contributed by atoms with Crippen molar-refractivity contribution in [3.05, 3.63) is 94.1 Å². The van der Waals surface area contributed by atoms with Crippen LogP contribution in [0.25, 0.3) is 0 Å². The smallest absolute Gasteiger partial charge is 0.418 e. The second-order valence-corrected chi connectivity index (χ2v) is 7.15. The third-order valence-electron chi connectivity index (χ3n) is 4.84. The first-order valence-electron chi connectivity index (χ1n) is 9.49. The van der Waals surface area contributed by atoms with E-state index in [1.807, 2.05) is 0 Å². The molecule has 0 aliphatic rings. The van der Waals surface area contributed by atoms with Gasteiger partial charge in [-0.2, -0.15) is 26.3 Å². The lowest BCUT2D eigenvalue weighted by Crippen LogP contribution is -2.32. The number of amides is 1. The number of aromatic carboxylic acids is 1. The number of benzene rings is 1. The van der Waals surface area contributed by atoms with E-state index in [4.69, 9.17) is 5.11 Å². The quantitative estimate of drug-likeness (QED) is 0.496. The fraction of sp³-hybridized carbons (Fsp3) is 0.182. The number of halogens is 6. The van der Waals surface area contributed by atoms with E-state index in [0.29, 0.717) is 12.1 Å². The van der Waals surface area contributed by atoms with Crippen LogP contribution in [0.4, 0.5) is 26.3 Å². The van der Waals surface area contributed by atoms with Gasteiger partial charge in [-0.15, -0.1) is 0 Å². The summed E-state index contributed by atoms with van der Waals surface area (Å²) in [6, 6.07) is 4.89. The first-order chi connectivity index (χ1) is 15.8.